The van der Waals surface area contributed by atoms with E-state index in [1.165, 1.54) is 4.68 Å². The number of hydrogen-bond donors (Lipinski definition) is 0. The van der Waals surface area contributed by atoms with Gasteiger partial charge in [-0.25, -0.2) is 4.68 Å². The Morgan fingerprint density at radius 1 is 1.77 bits per heavy atom. The summed E-state index contributed by atoms with van der Waals surface area (Å²) in [5.41, 5.74) is 0.786. The summed E-state index contributed by atoms with van der Waals surface area (Å²) in [6.07, 6.45) is 0. The van der Waals surface area contributed by atoms with E-state index in [0.717, 1.165) is 5.69 Å². The van der Waals surface area contributed by atoms with Crippen molar-refractivity contribution in [3.63, 3.8) is 0 Å². The van der Waals surface area contributed by atoms with Crippen molar-refractivity contribution in [1.82, 2.24) is 9.78 Å². The van der Waals surface area contributed by atoms with Crippen LogP contribution in [0.25, 0.3) is 0 Å². The minimum absolute atomic E-state index is 0.0700. The molecule has 0 aromatic carbocycles. The van der Waals surface area contributed by atoms with Crippen LogP contribution < -0.4 is 0 Å². The predicted molar refractivity (Wildman–Crippen MR) is 48.6 cm³/mol. The molecule has 0 radical (unpaired) electrons. The monoisotopic (exact) mass is 202 g/mol. The first-order valence-corrected chi connectivity index (χ1v) is 4.37. The maximum absolute atomic E-state index is 11.0. The lowest BCUT2D eigenvalue weighted by atomic mass is 10.5. The van der Waals surface area contributed by atoms with Gasteiger partial charge in [0.1, 0.15) is 11.7 Å². The normalized spacial score (nSPS) is 10.1. The van der Waals surface area contributed by atoms with Crippen molar-refractivity contribution in [3.8, 4) is 0 Å². The zero-order valence-electron chi connectivity index (χ0n) is 7.58. The molecule has 0 spiro atoms. The summed E-state index contributed by atoms with van der Waals surface area (Å²) in [7, 11) is 0. The van der Waals surface area contributed by atoms with Gasteiger partial charge in [0.05, 0.1) is 12.3 Å². The predicted octanol–water partition coefficient (Wildman–Crippen LogP) is 1.41. The van der Waals surface area contributed by atoms with Gasteiger partial charge in [-0.15, -0.1) is 0 Å². The maximum atomic E-state index is 11.0. The van der Waals surface area contributed by atoms with Crippen molar-refractivity contribution in [1.29, 1.82) is 0 Å². The first kappa shape index (κ1) is 10.1. The fraction of sp³-hybridized carbons (Fsp3) is 0.500. The zero-order valence-corrected chi connectivity index (χ0v) is 8.34. The van der Waals surface area contributed by atoms with Crippen LogP contribution in [0.5, 0.6) is 0 Å². The molecule has 1 aromatic heterocycles. The van der Waals surface area contributed by atoms with E-state index in [4.69, 9.17) is 16.3 Å². The third-order valence-electron chi connectivity index (χ3n) is 1.44. The Morgan fingerprint density at radius 2 is 2.46 bits per heavy atom. The van der Waals surface area contributed by atoms with Crippen molar-refractivity contribution in [3.05, 3.63) is 16.9 Å². The van der Waals surface area contributed by atoms with E-state index in [1.54, 1.807) is 13.0 Å². The molecule has 0 aliphatic heterocycles. The number of halogens is 1. The topological polar surface area (TPSA) is 44.1 Å². The number of carbonyl (C=O) groups excluding carboxylic acids is 1. The average molecular weight is 203 g/mol. The van der Waals surface area contributed by atoms with E-state index in [1.807, 2.05) is 6.92 Å². The number of esters is 1. The highest BCUT2D eigenvalue weighted by Gasteiger charge is 2.07. The first-order valence-electron chi connectivity index (χ1n) is 3.99. The van der Waals surface area contributed by atoms with E-state index in [-0.39, 0.29) is 12.5 Å². The SMILES string of the molecule is CCOC(=O)Cn1nc(C)cc1Cl. The number of hydrogen-bond acceptors (Lipinski definition) is 3. The van der Waals surface area contributed by atoms with Gasteiger partial charge in [0.15, 0.2) is 0 Å². The zero-order chi connectivity index (χ0) is 9.84. The molecule has 0 aliphatic carbocycles. The molecule has 0 saturated carbocycles. The molecule has 0 saturated heterocycles. The Bertz CT molecular complexity index is 309. The summed E-state index contributed by atoms with van der Waals surface area (Å²) >= 11 is 5.78. The summed E-state index contributed by atoms with van der Waals surface area (Å²) < 4.78 is 6.16. The van der Waals surface area contributed by atoms with Gasteiger partial charge in [-0.05, 0) is 19.9 Å². The van der Waals surface area contributed by atoms with Crippen LogP contribution in [0.1, 0.15) is 12.6 Å². The van der Waals surface area contributed by atoms with E-state index < -0.39 is 0 Å². The van der Waals surface area contributed by atoms with Gasteiger partial charge >= 0.3 is 5.97 Å². The molecule has 1 aromatic rings. The van der Waals surface area contributed by atoms with Gasteiger partial charge in [0.2, 0.25) is 0 Å². The molecule has 1 heterocycles. The highest BCUT2D eigenvalue weighted by molar-refractivity contribution is 6.29. The van der Waals surface area contributed by atoms with Crippen LogP contribution in [0.15, 0.2) is 6.07 Å². The molecule has 4 nitrogen and oxygen atoms in total. The van der Waals surface area contributed by atoms with Gasteiger partial charge in [0, 0.05) is 0 Å². The minimum Gasteiger partial charge on any atom is -0.465 e. The lowest BCUT2D eigenvalue weighted by Gasteiger charge is -2.02. The van der Waals surface area contributed by atoms with Crippen LogP contribution in [0.3, 0.4) is 0 Å². The highest BCUT2D eigenvalue weighted by atomic mass is 35.5. The Balaban J connectivity index is 2.63. The molecule has 0 amide bonds. The molecule has 0 unspecified atom stereocenters. The molecule has 1 rings (SSSR count). The summed E-state index contributed by atoms with van der Waals surface area (Å²) in [5, 5.41) is 4.47. The molecule has 5 heteroatoms. The second-order valence-electron chi connectivity index (χ2n) is 2.57. The van der Waals surface area contributed by atoms with Crippen molar-refractivity contribution in [2.45, 2.75) is 20.4 Å². The van der Waals surface area contributed by atoms with E-state index in [2.05, 4.69) is 5.10 Å². The van der Waals surface area contributed by atoms with Crippen LogP contribution >= 0.6 is 11.6 Å². The first-order chi connectivity index (χ1) is 6.13. The molecule has 0 fully saturated rings. The van der Waals surface area contributed by atoms with Crippen molar-refractivity contribution in [2.24, 2.45) is 0 Å². The smallest absolute Gasteiger partial charge is 0.327 e. The van der Waals surface area contributed by atoms with Gasteiger partial charge in [-0.1, -0.05) is 11.6 Å². The van der Waals surface area contributed by atoms with Gasteiger partial charge in [0.25, 0.3) is 0 Å². The van der Waals surface area contributed by atoms with Gasteiger partial charge in [-0.2, -0.15) is 5.10 Å². The van der Waals surface area contributed by atoms with Crippen molar-refractivity contribution < 1.29 is 9.53 Å². The minimum atomic E-state index is -0.326. The molecular formula is C8H11ClN2O2. The van der Waals surface area contributed by atoms with Crippen LogP contribution in [0.2, 0.25) is 5.15 Å². The fourth-order valence-electron chi connectivity index (χ4n) is 0.954. The number of carbonyl (C=O) groups is 1. The number of aromatic nitrogens is 2. The Hall–Kier alpha value is -1.03. The number of rotatable bonds is 3. The van der Waals surface area contributed by atoms with E-state index in [9.17, 15) is 4.79 Å². The molecule has 0 N–H and O–H groups in total. The summed E-state index contributed by atoms with van der Waals surface area (Å²) in [6.45, 7) is 4.01. The molecule has 72 valence electrons. The summed E-state index contributed by atoms with van der Waals surface area (Å²) in [5.74, 6) is -0.326. The number of aryl methyl sites for hydroxylation is 1. The second kappa shape index (κ2) is 4.28. The Morgan fingerprint density at radius 3 is 2.92 bits per heavy atom. The standard InChI is InChI=1S/C8H11ClN2O2/c1-3-13-8(12)5-11-7(9)4-6(2)10-11/h4H,3,5H2,1-2H3. The lowest BCUT2D eigenvalue weighted by Crippen LogP contribution is -2.14. The third kappa shape index (κ3) is 2.73. The molecular weight excluding hydrogens is 192 g/mol. The lowest BCUT2D eigenvalue weighted by molar-refractivity contribution is -0.144. The van der Waals surface area contributed by atoms with E-state index in [0.29, 0.717) is 11.8 Å². The largest absolute Gasteiger partial charge is 0.465 e. The second-order valence-corrected chi connectivity index (χ2v) is 2.96. The van der Waals surface area contributed by atoms with E-state index >= 15 is 0 Å². The molecule has 0 aliphatic rings. The average Bonchev–Trinajstić information content (AvgIpc) is 2.30. The molecule has 0 bridgehead atoms. The highest BCUT2D eigenvalue weighted by Crippen LogP contribution is 2.09. The van der Waals surface area contributed by atoms with Crippen molar-refractivity contribution in [2.75, 3.05) is 6.61 Å². The quantitative estimate of drug-likeness (QED) is 0.697. The van der Waals surface area contributed by atoms with Gasteiger partial charge in [-0.3, -0.25) is 4.79 Å². The molecule has 0 atom stereocenters. The Kier molecular flexibility index (Phi) is 3.31. The Labute approximate surface area is 81.4 Å². The number of ether oxygens (including phenoxy) is 1. The fourth-order valence-corrected chi connectivity index (χ4v) is 1.21. The van der Waals surface area contributed by atoms with Crippen LogP contribution in [-0.4, -0.2) is 22.4 Å². The summed E-state index contributed by atoms with van der Waals surface area (Å²) in [4.78, 5) is 11.0. The maximum Gasteiger partial charge on any atom is 0.327 e. The van der Waals surface area contributed by atoms with Crippen LogP contribution in [-0.2, 0) is 16.1 Å². The van der Waals surface area contributed by atoms with Gasteiger partial charge < -0.3 is 4.74 Å². The summed E-state index contributed by atoms with van der Waals surface area (Å²) in [6, 6.07) is 1.70. The van der Waals surface area contributed by atoms with Crippen molar-refractivity contribution >= 4 is 17.6 Å². The number of nitrogens with zero attached hydrogens (tertiary/aromatic N) is 2. The van der Waals surface area contributed by atoms with Crippen LogP contribution in [0, 0.1) is 6.92 Å². The van der Waals surface area contributed by atoms with Crippen LogP contribution in [0.4, 0.5) is 0 Å². The third-order valence-corrected chi connectivity index (χ3v) is 1.74. The molecule has 13 heavy (non-hydrogen) atoms.